The minimum atomic E-state index is -4.02. The number of imidazole rings is 1. The van der Waals surface area contributed by atoms with Crippen molar-refractivity contribution in [1.29, 1.82) is 0 Å². The fourth-order valence-corrected chi connectivity index (χ4v) is 5.49. The lowest BCUT2D eigenvalue weighted by Crippen LogP contribution is -2.48. The second kappa shape index (κ2) is 12.7. The van der Waals surface area contributed by atoms with Gasteiger partial charge in [0, 0.05) is 24.2 Å². The number of amides is 2. The number of carbonyl (C=O) groups is 2. The third-order valence-corrected chi connectivity index (χ3v) is 7.89. The van der Waals surface area contributed by atoms with Crippen molar-refractivity contribution in [1.82, 2.24) is 25.3 Å². The smallest absolute Gasteiger partial charge is 0.338 e. The van der Waals surface area contributed by atoms with Crippen LogP contribution < -0.4 is 20.7 Å². The molecule has 40 heavy (non-hydrogen) atoms. The first kappa shape index (κ1) is 29.4. The maximum absolute atomic E-state index is 13.1. The highest BCUT2D eigenvalue weighted by Crippen LogP contribution is 2.31. The van der Waals surface area contributed by atoms with E-state index >= 15 is 0 Å². The zero-order valence-corrected chi connectivity index (χ0v) is 23.9. The van der Waals surface area contributed by atoms with E-state index in [1.54, 1.807) is 19.1 Å². The molecule has 2 aromatic rings. The molecule has 0 saturated carbocycles. The second-order valence-corrected chi connectivity index (χ2v) is 11.4. The first-order chi connectivity index (χ1) is 19.1. The summed E-state index contributed by atoms with van der Waals surface area (Å²) in [5.74, 6) is -0.126. The molecule has 2 atom stereocenters. The van der Waals surface area contributed by atoms with Gasteiger partial charge in [0.1, 0.15) is 11.9 Å². The SMILES string of the molecule is CCCCc1nc(Cl)c(C2NC(=O)NC(CNS(=O)(=O)c3ccc(NC4CC(C)=NO4)cc3)=C2C(=O)OCC)[nH]1. The predicted molar refractivity (Wildman–Crippen MR) is 148 cm³/mol. The maximum Gasteiger partial charge on any atom is 0.338 e. The summed E-state index contributed by atoms with van der Waals surface area (Å²) in [6, 6.07) is 4.40. The number of rotatable bonds is 12. The van der Waals surface area contributed by atoms with Gasteiger partial charge >= 0.3 is 12.0 Å². The zero-order valence-electron chi connectivity index (χ0n) is 22.3. The van der Waals surface area contributed by atoms with E-state index in [2.05, 4.69) is 35.8 Å². The summed E-state index contributed by atoms with van der Waals surface area (Å²) >= 11 is 6.38. The van der Waals surface area contributed by atoms with Crippen LogP contribution in [0.2, 0.25) is 5.15 Å². The number of benzene rings is 1. The number of H-pyrrole nitrogens is 1. The highest BCUT2D eigenvalue weighted by molar-refractivity contribution is 7.89. The van der Waals surface area contributed by atoms with Crippen molar-refractivity contribution in [3.63, 3.8) is 0 Å². The Morgan fingerprint density at radius 2 is 2.00 bits per heavy atom. The third kappa shape index (κ3) is 6.92. The van der Waals surface area contributed by atoms with Crippen LogP contribution in [-0.4, -0.2) is 55.5 Å². The molecule has 1 aromatic carbocycles. The summed E-state index contributed by atoms with van der Waals surface area (Å²) in [5.41, 5.74) is 1.86. The number of aromatic nitrogens is 2. The molecule has 2 aliphatic rings. The number of ether oxygens (including phenoxy) is 1. The average Bonchev–Trinajstić information content (AvgIpc) is 3.50. The molecule has 13 nitrogen and oxygen atoms in total. The van der Waals surface area contributed by atoms with Gasteiger partial charge in [-0.1, -0.05) is 30.1 Å². The summed E-state index contributed by atoms with van der Waals surface area (Å²) in [6.07, 6.45) is 2.74. The number of nitrogens with zero attached hydrogens (tertiary/aromatic N) is 2. The van der Waals surface area contributed by atoms with Crippen LogP contribution in [0.3, 0.4) is 0 Å². The van der Waals surface area contributed by atoms with Crippen LogP contribution in [0.1, 0.15) is 57.6 Å². The number of aryl methyl sites for hydroxylation is 1. The molecule has 0 radical (unpaired) electrons. The molecule has 0 spiro atoms. The number of aromatic amines is 1. The lowest BCUT2D eigenvalue weighted by molar-refractivity contribution is -0.139. The standard InChI is InChI=1S/C25H32ClN7O6S/c1-4-6-7-18-30-22(23(26)31-18)21-20(24(34)38-5-2)17(29-25(35)32-21)13-27-40(36,37)16-10-8-15(9-11-16)28-19-12-14(3)33-39-19/h8-11,19,21,27-28H,4-7,12-13H2,1-3H3,(H,30,31)(H2,29,32,35). The number of hydrogen-bond donors (Lipinski definition) is 5. The Kier molecular flexibility index (Phi) is 9.32. The number of urea groups is 1. The number of hydrogen-bond acceptors (Lipinski definition) is 9. The van der Waals surface area contributed by atoms with E-state index in [1.165, 1.54) is 12.1 Å². The van der Waals surface area contributed by atoms with Crippen LogP contribution in [0.25, 0.3) is 0 Å². The van der Waals surface area contributed by atoms with Crippen molar-refractivity contribution in [3.8, 4) is 0 Å². The number of oxime groups is 1. The summed E-state index contributed by atoms with van der Waals surface area (Å²) in [6.45, 7) is 5.22. The van der Waals surface area contributed by atoms with Gasteiger partial charge in [0.05, 0.1) is 35.0 Å². The normalized spacial score (nSPS) is 19.0. The third-order valence-electron chi connectivity index (χ3n) is 6.19. The van der Waals surface area contributed by atoms with Gasteiger partial charge in [-0.05, 0) is 44.5 Å². The Morgan fingerprint density at radius 1 is 1.25 bits per heavy atom. The van der Waals surface area contributed by atoms with Crippen molar-refractivity contribution >= 4 is 45.0 Å². The molecule has 2 unspecified atom stereocenters. The molecule has 2 aliphatic heterocycles. The van der Waals surface area contributed by atoms with E-state index in [0.717, 1.165) is 18.6 Å². The molecule has 0 bridgehead atoms. The number of carbonyl (C=O) groups excluding carboxylic acids is 2. The van der Waals surface area contributed by atoms with Crippen molar-refractivity contribution in [2.45, 2.75) is 63.6 Å². The van der Waals surface area contributed by atoms with Crippen LogP contribution in [0.15, 0.2) is 45.6 Å². The van der Waals surface area contributed by atoms with Crippen molar-refractivity contribution in [2.75, 3.05) is 18.5 Å². The van der Waals surface area contributed by atoms with Gasteiger partial charge in [-0.2, -0.15) is 0 Å². The molecule has 216 valence electrons. The van der Waals surface area contributed by atoms with E-state index in [0.29, 0.717) is 30.0 Å². The van der Waals surface area contributed by atoms with Crippen LogP contribution in [0.4, 0.5) is 10.5 Å². The van der Waals surface area contributed by atoms with E-state index in [9.17, 15) is 18.0 Å². The fourth-order valence-electron chi connectivity index (χ4n) is 4.23. The minimum absolute atomic E-state index is 0.00497. The lowest BCUT2D eigenvalue weighted by Gasteiger charge is -2.28. The number of anilines is 1. The van der Waals surface area contributed by atoms with Crippen LogP contribution in [0, 0.1) is 0 Å². The Bertz CT molecular complexity index is 1420. The Balaban J connectivity index is 1.55. The van der Waals surface area contributed by atoms with E-state index < -0.39 is 28.1 Å². The van der Waals surface area contributed by atoms with Gasteiger partial charge in [-0.15, -0.1) is 0 Å². The van der Waals surface area contributed by atoms with Gasteiger partial charge in [0.15, 0.2) is 5.15 Å². The Labute approximate surface area is 237 Å². The summed E-state index contributed by atoms with van der Waals surface area (Å²) in [7, 11) is -4.02. The summed E-state index contributed by atoms with van der Waals surface area (Å²) < 4.78 is 33.9. The minimum Gasteiger partial charge on any atom is -0.463 e. The zero-order chi connectivity index (χ0) is 28.9. The number of unbranched alkanes of at least 4 members (excludes halogenated alkanes) is 1. The molecule has 4 rings (SSSR count). The molecule has 1 aromatic heterocycles. The lowest BCUT2D eigenvalue weighted by atomic mass is 10.00. The first-order valence-corrected chi connectivity index (χ1v) is 14.7. The van der Waals surface area contributed by atoms with Crippen molar-refractivity contribution in [2.24, 2.45) is 5.16 Å². The van der Waals surface area contributed by atoms with E-state index in [4.69, 9.17) is 21.2 Å². The fraction of sp³-hybridized carbons (Fsp3) is 0.440. The molecule has 0 aliphatic carbocycles. The number of esters is 1. The molecule has 3 heterocycles. The molecular formula is C25H32ClN7O6S. The predicted octanol–water partition coefficient (Wildman–Crippen LogP) is 3.09. The average molecular weight is 594 g/mol. The molecule has 2 amide bonds. The number of nitrogens with one attached hydrogen (secondary N) is 5. The monoisotopic (exact) mass is 593 g/mol. The number of halogens is 1. The van der Waals surface area contributed by atoms with E-state index in [1.807, 2.05) is 13.8 Å². The maximum atomic E-state index is 13.1. The Morgan fingerprint density at radius 3 is 2.65 bits per heavy atom. The highest BCUT2D eigenvalue weighted by Gasteiger charge is 2.36. The molecule has 0 fully saturated rings. The Hall–Kier alpha value is -3.62. The molecule has 0 saturated heterocycles. The van der Waals surface area contributed by atoms with Gasteiger partial charge in [-0.3, -0.25) is 0 Å². The van der Waals surface area contributed by atoms with Gasteiger partial charge < -0.3 is 30.5 Å². The molecule has 5 N–H and O–H groups in total. The second-order valence-electron chi connectivity index (χ2n) is 9.25. The van der Waals surface area contributed by atoms with Crippen LogP contribution in [-0.2, 0) is 30.8 Å². The van der Waals surface area contributed by atoms with Crippen LogP contribution >= 0.6 is 11.6 Å². The topological polar surface area (TPSA) is 176 Å². The first-order valence-electron chi connectivity index (χ1n) is 12.9. The summed E-state index contributed by atoms with van der Waals surface area (Å²) in [4.78, 5) is 38.3. The highest BCUT2D eigenvalue weighted by atomic mass is 35.5. The largest absolute Gasteiger partial charge is 0.463 e. The van der Waals surface area contributed by atoms with Gasteiger partial charge in [0.25, 0.3) is 0 Å². The molecular weight excluding hydrogens is 562 g/mol. The summed E-state index contributed by atoms with van der Waals surface area (Å²) in [5, 5.41) is 12.3. The molecule has 15 heteroatoms. The number of sulfonamides is 1. The van der Waals surface area contributed by atoms with Gasteiger partial charge in [-0.25, -0.2) is 27.7 Å². The van der Waals surface area contributed by atoms with Crippen molar-refractivity contribution in [3.05, 3.63) is 52.2 Å². The van der Waals surface area contributed by atoms with Gasteiger partial charge in [0.2, 0.25) is 16.3 Å². The quantitative estimate of drug-likeness (QED) is 0.233. The van der Waals surface area contributed by atoms with Crippen LogP contribution in [0.5, 0.6) is 0 Å². The van der Waals surface area contributed by atoms with E-state index in [-0.39, 0.29) is 40.7 Å². The van der Waals surface area contributed by atoms with Crippen molar-refractivity contribution < 1.29 is 27.6 Å².